The van der Waals surface area contributed by atoms with E-state index in [1.165, 1.54) is 30.0 Å². The Morgan fingerprint density at radius 2 is 1.54 bits per heavy atom. The Morgan fingerprint density at radius 1 is 0.857 bits per heavy atom. The fourth-order valence-corrected chi connectivity index (χ4v) is 4.53. The highest BCUT2D eigenvalue weighted by molar-refractivity contribution is 8.00. The molecule has 8 heteroatoms. The minimum atomic E-state index is -1.11. The Labute approximate surface area is 205 Å². The van der Waals surface area contributed by atoms with Gasteiger partial charge >= 0.3 is 5.97 Å². The van der Waals surface area contributed by atoms with Gasteiger partial charge in [-0.05, 0) is 54.8 Å². The molecule has 6 nitrogen and oxygen atoms in total. The number of hydrogen-bond donors (Lipinski definition) is 3. The van der Waals surface area contributed by atoms with Crippen molar-refractivity contribution >= 4 is 51.7 Å². The Kier molecular flexibility index (Phi) is 7.12. The fourth-order valence-electron chi connectivity index (χ4n) is 3.61. The van der Waals surface area contributed by atoms with Crippen LogP contribution in [-0.4, -0.2) is 28.1 Å². The van der Waals surface area contributed by atoms with Crippen LogP contribution in [0, 0.1) is 5.82 Å². The third-order valence-electron chi connectivity index (χ3n) is 5.29. The highest BCUT2D eigenvalue weighted by Crippen LogP contribution is 2.28. The Bertz CT molecular complexity index is 1430. The molecule has 3 N–H and O–H groups in total. The van der Waals surface area contributed by atoms with Crippen molar-refractivity contribution in [2.45, 2.75) is 17.1 Å². The molecule has 0 aliphatic heterocycles. The molecule has 4 aromatic rings. The summed E-state index contributed by atoms with van der Waals surface area (Å²) in [4.78, 5) is 38.0. The highest BCUT2D eigenvalue weighted by atomic mass is 32.2. The number of hydrogen-bond acceptors (Lipinski definition) is 4. The second-order valence-electron chi connectivity index (χ2n) is 7.73. The van der Waals surface area contributed by atoms with Gasteiger partial charge in [-0.1, -0.05) is 42.5 Å². The number of nitrogens with one attached hydrogen (secondary N) is 2. The number of aromatic carboxylic acids is 1. The average Bonchev–Trinajstić information content (AvgIpc) is 2.84. The van der Waals surface area contributed by atoms with Crippen molar-refractivity contribution in [2.75, 3.05) is 10.6 Å². The first-order chi connectivity index (χ1) is 16.8. The monoisotopic (exact) mass is 488 g/mol. The second kappa shape index (κ2) is 10.4. The molecular formula is C27H21FN2O4S. The molecule has 35 heavy (non-hydrogen) atoms. The summed E-state index contributed by atoms with van der Waals surface area (Å²) in [6.07, 6.45) is 0. The maximum Gasteiger partial charge on any atom is 0.336 e. The van der Waals surface area contributed by atoms with Gasteiger partial charge in [0.25, 0.3) is 5.91 Å². The summed E-state index contributed by atoms with van der Waals surface area (Å²) in [6.45, 7) is 1.70. The lowest BCUT2D eigenvalue weighted by molar-refractivity contribution is -0.115. The Balaban J connectivity index is 1.50. The van der Waals surface area contributed by atoms with Crippen molar-refractivity contribution in [1.29, 1.82) is 0 Å². The van der Waals surface area contributed by atoms with Gasteiger partial charge in [0.1, 0.15) is 5.82 Å². The molecule has 0 radical (unpaired) electrons. The largest absolute Gasteiger partial charge is 0.478 e. The van der Waals surface area contributed by atoms with Gasteiger partial charge in [-0.15, -0.1) is 11.8 Å². The van der Waals surface area contributed by atoms with Crippen molar-refractivity contribution in [3.63, 3.8) is 0 Å². The standard InChI is InChI=1S/C27H21FN2O4S/c1-16(25(31)30-23-14-3-2-13-22(23)28)35-19-10-6-9-18(15-19)29-26(32)20-11-4-7-17-8-5-12-21(24(17)20)27(33)34/h2-16H,1H3,(H,29,32)(H,30,31)(H,33,34). The van der Waals surface area contributed by atoms with Crippen LogP contribution in [0.15, 0.2) is 89.8 Å². The molecule has 4 rings (SSSR count). The van der Waals surface area contributed by atoms with Crippen LogP contribution >= 0.6 is 11.8 Å². The number of carbonyl (C=O) groups excluding carboxylic acids is 2. The predicted molar refractivity (Wildman–Crippen MR) is 136 cm³/mol. The van der Waals surface area contributed by atoms with Gasteiger partial charge in [0.05, 0.1) is 16.5 Å². The van der Waals surface area contributed by atoms with Gasteiger partial charge in [0, 0.05) is 21.5 Å². The van der Waals surface area contributed by atoms with Gasteiger partial charge in [0.2, 0.25) is 5.91 Å². The number of carboxylic acid groups (broad SMARTS) is 1. The maximum absolute atomic E-state index is 13.8. The number of rotatable bonds is 7. The Morgan fingerprint density at radius 3 is 2.26 bits per heavy atom. The van der Waals surface area contributed by atoms with E-state index in [2.05, 4.69) is 10.6 Å². The van der Waals surface area contributed by atoms with E-state index in [1.807, 2.05) is 0 Å². The second-order valence-corrected chi connectivity index (χ2v) is 9.14. The van der Waals surface area contributed by atoms with Crippen LogP contribution in [0.1, 0.15) is 27.6 Å². The lowest BCUT2D eigenvalue weighted by Gasteiger charge is -2.14. The minimum absolute atomic E-state index is 0.0484. The van der Waals surface area contributed by atoms with Gasteiger partial charge in [-0.25, -0.2) is 9.18 Å². The summed E-state index contributed by atoms with van der Waals surface area (Å²) in [5.74, 6) is -2.43. The third kappa shape index (κ3) is 5.50. The van der Waals surface area contributed by atoms with Gasteiger partial charge in [0.15, 0.2) is 0 Å². The zero-order chi connectivity index (χ0) is 24.9. The summed E-state index contributed by atoms with van der Waals surface area (Å²) in [5.41, 5.74) is 0.900. The first-order valence-corrected chi connectivity index (χ1v) is 11.6. The van der Waals surface area contributed by atoms with E-state index in [9.17, 15) is 23.9 Å². The van der Waals surface area contributed by atoms with Gasteiger partial charge < -0.3 is 15.7 Å². The van der Waals surface area contributed by atoms with E-state index >= 15 is 0 Å². The average molecular weight is 489 g/mol. The van der Waals surface area contributed by atoms with Crippen molar-refractivity contribution in [3.05, 3.63) is 102 Å². The smallest absolute Gasteiger partial charge is 0.336 e. The van der Waals surface area contributed by atoms with Crippen molar-refractivity contribution in [3.8, 4) is 0 Å². The molecule has 0 spiro atoms. The lowest BCUT2D eigenvalue weighted by Crippen LogP contribution is -2.22. The summed E-state index contributed by atoms with van der Waals surface area (Å²) in [7, 11) is 0. The number of carboxylic acids is 1. The first-order valence-electron chi connectivity index (χ1n) is 10.7. The zero-order valence-electron chi connectivity index (χ0n) is 18.6. The minimum Gasteiger partial charge on any atom is -0.478 e. The van der Waals surface area contributed by atoms with E-state index in [4.69, 9.17) is 0 Å². The Hall–Kier alpha value is -4.17. The van der Waals surface area contributed by atoms with Crippen molar-refractivity contribution in [1.82, 2.24) is 0 Å². The van der Waals surface area contributed by atoms with Crippen LogP contribution in [0.25, 0.3) is 10.8 Å². The molecule has 1 atom stereocenters. The van der Waals surface area contributed by atoms with Crippen LogP contribution in [0.3, 0.4) is 0 Å². The van der Waals surface area contributed by atoms with Gasteiger partial charge in [-0.3, -0.25) is 9.59 Å². The molecule has 4 aromatic carbocycles. The number of para-hydroxylation sites is 1. The van der Waals surface area contributed by atoms with E-state index in [0.29, 0.717) is 16.5 Å². The quantitative estimate of drug-likeness (QED) is 0.275. The maximum atomic E-state index is 13.8. The predicted octanol–water partition coefficient (Wildman–Crippen LogP) is 6.05. The van der Waals surface area contributed by atoms with E-state index in [1.54, 1.807) is 73.7 Å². The summed E-state index contributed by atoms with van der Waals surface area (Å²) < 4.78 is 13.8. The van der Waals surface area contributed by atoms with E-state index in [-0.39, 0.29) is 22.7 Å². The normalized spacial score (nSPS) is 11.6. The number of fused-ring (bicyclic) bond motifs is 1. The SMILES string of the molecule is CC(Sc1cccc(NC(=O)c2cccc3cccc(C(=O)O)c23)c1)C(=O)Nc1ccccc1F. The zero-order valence-corrected chi connectivity index (χ0v) is 19.4. The molecule has 0 aromatic heterocycles. The fraction of sp³-hybridized carbons (Fsp3) is 0.0741. The number of carbonyl (C=O) groups is 3. The van der Waals surface area contributed by atoms with Crippen LogP contribution < -0.4 is 10.6 Å². The van der Waals surface area contributed by atoms with Crippen molar-refractivity contribution < 1.29 is 23.9 Å². The molecule has 0 saturated heterocycles. The molecule has 0 heterocycles. The van der Waals surface area contributed by atoms with Crippen LogP contribution in [0.4, 0.5) is 15.8 Å². The first kappa shape index (κ1) is 24.0. The molecule has 0 aliphatic carbocycles. The summed E-state index contributed by atoms with van der Waals surface area (Å²) in [6, 6.07) is 22.8. The molecule has 2 amide bonds. The van der Waals surface area contributed by atoms with Crippen LogP contribution in [0.5, 0.6) is 0 Å². The molecule has 0 saturated carbocycles. The van der Waals surface area contributed by atoms with Crippen LogP contribution in [0.2, 0.25) is 0 Å². The molecule has 1 unspecified atom stereocenters. The molecule has 0 bridgehead atoms. The number of benzene rings is 4. The highest BCUT2D eigenvalue weighted by Gasteiger charge is 2.18. The molecular weight excluding hydrogens is 467 g/mol. The molecule has 0 fully saturated rings. The number of anilines is 2. The molecule has 0 aliphatic rings. The summed E-state index contributed by atoms with van der Waals surface area (Å²) in [5, 5.41) is 15.4. The van der Waals surface area contributed by atoms with Crippen molar-refractivity contribution in [2.24, 2.45) is 0 Å². The van der Waals surface area contributed by atoms with E-state index < -0.39 is 22.9 Å². The topological polar surface area (TPSA) is 95.5 Å². The molecule has 176 valence electrons. The lowest BCUT2D eigenvalue weighted by atomic mass is 9.98. The summed E-state index contributed by atoms with van der Waals surface area (Å²) >= 11 is 1.26. The van der Waals surface area contributed by atoms with Gasteiger partial charge in [-0.2, -0.15) is 0 Å². The number of amides is 2. The number of halogens is 1. The number of thioether (sulfide) groups is 1. The van der Waals surface area contributed by atoms with Crippen LogP contribution in [-0.2, 0) is 4.79 Å². The third-order valence-corrected chi connectivity index (χ3v) is 6.38. The van der Waals surface area contributed by atoms with E-state index in [0.717, 1.165) is 4.90 Å².